The normalized spacial score (nSPS) is 15.8. The highest BCUT2D eigenvalue weighted by Crippen LogP contribution is 2.25. The smallest absolute Gasteiger partial charge is 0.270 e. The van der Waals surface area contributed by atoms with Crippen molar-refractivity contribution in [3.63, 3.8) is 0 Å². The van der Waals surface area contributed by atoms with Gasteiger partial charge in [0, 0.05) is 37.5 Å². The number of carbonyl (C=O) groups excluding carboxylic acids is 2. The van der Waals surface area contributed by atoms with Crippen molar-refractivity contribution in [1.82, 2.24) is 14.8 Å². The van der Waals surface area contributed by atoms with Crippen molar-refractivity contribution in [2.45, 2.75) is 39.2 Å². The molecule has 31 heavy (non-hydrogen) atoms. The first-order valence-electron chi connectivity index (χ1n) is 11.1. The molecule has 1 aliphatic heterocycles. The van der Waals surface area contributed by atoms with Crippen LogP contribution in [-0.4, -0.2) is 34.4 Å². The predicted octanol–water partition coefficient (Wildman–Crippen LogP) is 4.61. The summed E-state index contributed by atoms with van der Waals surface area (Å²) in [5.74, 6) is 0.490. The summed E-state index contributed by atoms with van der Waals surface area (Å²) in [6.45, 7) is 5.48. The van der Waals surface area contributed by atoms with Crippen LogP contribution < -0.4 is 5.32 Å². The summed E-state index contributed by atoms with van der Waals surface area (Å²) in [4.78, 5) is 27.6. The molecule has 0 aliphatic carbocycles. The molecule has 5 heteroatoms. The maximum atomic E-state index is 13.1. The predicted molar refractivity (Wildman–Crippen MR) is 124 cm³/mol. The maximum absolute atomic E-state index is 13.1. The molecule has 162 valence electrons. The number of aryl methyl sites for hydroxylation is 2. The van der Waals surface area contributed by atoms with Crippen LogP contribution in [0.4, 0.5) is 0 Å². The number of carbonyl (C=O) groups is 2. The van der Waals surface area contributed by atoms with Crippen LogP contribution in [-0.2, 0) is 11.8 Å². The van der Waals surface area contributed by atoms with Gasteiger partial charge in [0.1, 0.15) is 5.69 Å². The van der Waals surface area contributed by atoms with Gasteiger partial charge in [-0.1, -0.05) is 42.0 Å². The van der Waals surface area contributed by atoms with Gasteiger partial charge in [-0.3, -0.25) is 9.59 Å². The van der Waals surface area contributed by atoms with E-state index < -0.39 is 0 Å². The number of nitrogens with zero attached hydrogens (tertiary/aromatic N) is 2. The number of piperidine rings is 1. The van der Waals surface area contributed by atoms with Gasteiger partial charge in [0.05, 0.1) is 6.04 Å². The second kappa shape index (κ2) is 8.96. The third-order valence-corrected chi connectivity index (χ3v) is 6.47. The third-order valence-electron chi connectivity index (χ3n) is 6.47. The first-order valence-corrected chi connectivity index (χ1v) is 11.1. The van der Waals surface area contributed by atoms with E-state index in [1.54, 1.807) is 0 Å². The van der Waals surface area contributed by atoms with E-state index in [2.05, 4.69) is 30.4 Å². The summed E-state index contributed by atoms with van der Waals surface area (Å²) in [6, 6.07) is 18.3. The zero-order chi connectivity index (χ0) is 22.0. The van der Waals surface area contributed by atoms with Crippen molar-refractivity contribution in [3.05, 3.63) is 71.4 Å². The first-order chi connectivity index (χ1) is 14.9. The van der Waals surface area contributed by atoms with Crippen LogP contribution in [0.1, 0.15) is 53.8 Å². The van der Waals surface area contributed by atoms with Gasteiger partial charge < -0.3 is 14.8 Å². The first kappa shape index (κ1) is 21.2. The minimum Gasteiger partial charge on any atom is -0.350 e. The minimum atomic E-state index is 0.00507. The Kier molecular flexibility index (Phi) is 6.12. The fraction of sp³-hybridized carbons (Fsp3) is 0.385. The molecule has 1 atom stereocenters. The highest BCUT2D eigenvalue weighted by Gasteiger charge is 2.27. The molecule has 0 spiro atoms. The molecule has 1 saturated heterocycles. The Hall–Kier alpha value is -3.08. The van der Waals surface area contributed by atoms with Gasteiger partial charge in [0.25, 0.3) is 5.91 Å². The molecule has 2 heterocycles. The van der Waals surface area contributed by atoms with Gasteiger partial charge in [-0.05, 0) is 56.4 Å². The average molecular weight is 418 g/mol. The number of nitrogens with one attached hydrogen (secondary N) is 1. The third kappa shape index (κ3) is 4.66. The summed E-state index contributed by atoms with van der Waals surface area (Å²) < 4.78 is 1.99. The summed E-state index contributed by atoms with van der Waals surface area (Å²) in [5, 5.41) is 4.21. The number of likely N-dealkylation sites (tertiary alicyclic amines) is 1. The van der Waals surface area contributed by atoms with Crippen LogP contribution in [0.25, 0.3) is 10.9 Å². The molecule has 5 nitrogen and oxygen atoms in total. The summed E-state index contributed by atoms with van der Waals surface area (Å²) in [7, 11) is 1.95. The van der Waals surface area contributed by atoms with Crippen molar-refractivity contribution < 1.29 is 9.59 Å². The van der Waals surface area contributed by atoms with Crippen LogP contribution in [0.5, 0.6) is 0 Å². The molecule has 1 aromatic heterocycles. The number of amides is 2. The number of fused-ring (bicyclic) bond motifs is 1. The van der Waals surface area contributed by atoms with Gasteiger partial charge in [0.2, 0.25) is 5.91 Å². The lowest BCUT2D eigenvalue weighted by Crippen LogP contribution is -2.40. The monoisotopic (exact) mass is 417 g/mol. The molecule has 0 unspecified atom stereocenters. The Bertz CT molecular complexity index is 1080. The fourth-order valence-corrected chi connectivity index (χ4v) is 4.56. The molecule has 1 fully saturated rings. The molecule has 0 saturated carbocycles. The summed E-state index contributed by atoms with van der Waals surface area (Å²) >= 11 is 0. The average Bonchev–Trinajstić information content (AvgIpc) is 3.09. The van der Waals surface area contributed by atoms with Gasteiger partial charge in [-0.25, -0.2) is 0 Å². The number of benzene rings is 2. The highest BCUT2D eigenvalue weighted by molar-refractivity contribution is 5.99. The van der Waals surface area contributed by atoms with E-state index in [1.165, 1.54) is 5.56 Å². The molecular weight excluding hydrogens is 386 g/mol. The van der Waals surface area contributed by atoms with E-state index in [0.717, 1.165) is 35.0 Å². The molecule has 0 radical (unpaired) electrons. The van der Waals surface area contributed by atoms with Gasteiger partial charge in [0.15, 0.2) is 0 Å². The Morgan fingerprint density at radius 1 is 1.06 bits per heavy atom. The molecule has 1 N–H and O–H groups in total. The maximum Gasteiger partial charge on any atom is 0.270 e. The fourth-order valence-electron chi connectivity index (χ4n) is 4.56. The lowest BCUT2D eigenvalue weighted by molar-refractivity contribution is -0.122. The van der Waals surface area contributed by atoms with E-state index >= 15 is 0 Å². The van der Waals surface area contributed by atoms with Gasteiger partial charge in [-0.2, -0.15) is 0 Å². The van der Waals surface area contributed by atoms with Crippen molar-refractivity contribution >= 4 is 22.7 Å². The topological polar surface area (TPSA) is 54.3 Å². The number of aromatic nitrogens is 1. The van der Waals surface area contributed by atoms with Crippen molar-refractivity contribution in [1.29, 1.82) is 0 Å². The van der Waals surface area contributed by atoms with E-state index in [4.69, 9.17) is 0 Å². The zero-order valence-electron chi connectivity index (χ0n) is 18.6. The molecule has 1 aliphatic rings. The SMILES string of the molecule is Cc1ccc2c(c1)cc(C(=O)N1CCC(CC(=O)N[C@@H](C)c3ccccc3)CC1)n2C. The Balaban J connectivity index is 1.32. The summed E-state index contributed by atoms with van der Waals surface area (Å²) in [6.07, 6.45) is 2.25. The number of hydrogen-bond donors (Lipinski definition) is 1. The molecule has 4 rings (SSSR count). The van der Waals surface area contributed by atoms with E-state index in [0.29, 0.717) is 25.4 Å². The van der Waals surface area contributed by atoms with Crippen molar-refractivity contribution in [3.8, 4) is 0 Å². The van der Waals surface area contributed by atoms with E-state index in [9.17, 15) is 9.59 Å². The molecule has 2 aromatic carbocycles. The molecule has 3 aromatic rings. The van der Waals surface area contributed by atoms with Crippen LogP contribution in [0.2, 0.25) is 0 Å². The second-order valence-corrected chi connectivity index (χ2v) is 8.79. The van der Waals surface area contributed by atoms with Crippen molar-refractivity contribution in [2.75, 3.05) is 13.1 Å². The van der Waals surface area contributed by atoms with Crippen molar-refractivity contribution in [2.24, 2.45) is 13.0 Å². The van der Waals surface area contributed by atoms with Crippen LogP contribution in [0, 0.1) is 12.8 Å². The largest absolute Gasteiger partial charge is 0.350 e. The number of rotatable bonds is 5. The standard InChI is InChI=1S/C26H31N3O2/c1-18-9-10-23-22(15-18)17-24(28(23)3)26(31)29-13-11-20(12-14-29)16-25(30)27-19(2)21-7-5-4-6-8-21/h4-10,15,17,19-20H,11-14,16H2,1-3H3,(H,27,30)/t19-/m0/s1. The molecular formula is C26H31N3O2. The Morgan fingerprint density at radius 3 is 2.48 bits per heavy atom. The molecule has 2 amide bonds. The lowest BCUT2D eigenvalue weighted by Gasteiger charge is -2.32. The zero-order valence-corrected chi connectivity index (χ0v) is 18.6. The Labute approximate surface area is 184 Å². The van der Waals surface area contributed by atoms with Crippen LogP contribution in [0.3, 0.4) is 0 Å². The van der Waals surface area contributed by atoms with Crippen LogP contribution in [0.15, 0.2) is 54.6 Å². The Morgan fingerprint density at radius 2 is 1.77 bits per heavy atom. The second-order valence-electron chi connectivity index (χ2n) is 8.79. The quantitative estimate of drug-likeness (QED) is 0.659. The summed E-state index contributed by atoms with van der Waals surface area (Å²) in [5.41, 5.74) is 4.11. The highest BCUT2D eigenvalue weighted by atomic mass is 16.2. The molecule has 0 bridgehead atoms. The van der Waals surface area contributed by atoms with E-state index in [-0.39, 0.29) is 17.9 Å². The van der Waals surface area contributed by atoms with Gasteiger partial charge >= 0.3 is 0 Å². The van der Waals surface area contributed by atoms with Crippen LogP contribution >= 0.6 is 0 Å². The minimum absolute atomic E-state index is 0.00507. The number of hydrogen-bond acceptors (Lipinski definition) is 2. The van der Waals surface area contributed by atoms with E-state index in [1.807, 2.05) is 59.8 Å². The lowest BCUT2D eigenvalue weighted by atomic mass is 9.92. The van der Waals surface area contributed by atoms with Gasteiger partial charge in [-0.15, -0.1) is 0 Å².